The quantitative estimate of drug-likeness (QED) is 0.233. The van der Waals surface area contributed by atoms with Crippen molar-refractivity contribution in [2.75, 3.05) is 0 Å². The molecule has 5 rings (SSSR count). The molecule has 0 spiro atoms. The maximum atomic E-state index is 9.89. The van der Waals surface area contributed by atoms with E-state index in [0.29, 0.717) is 15.9 Å². The number of aromatic nitrogens is 3. The number of hydrogen-bond donors (Lipinski definition) is 0. The minimum Gasteiger partial charge on any atom is -0.363 e. The van der Waals surface area contributed by atoms with Crippen molar-refractivity contribution < 1.29 is 4.74 Å². The number of pyridine rings is 1. The third-order valence-electron chi connectivity index (χ3n) is 5.91. The summed E-state index contributed by atoms with van der Waals surface area (Å²) in [6.45, 7) is 0.265. The molecule has 1 atom stereocenters. The van der Waals surface area contributed by atoms with E-state index in [1.165, 1.54) is 0 Å². The number of hydrogen-bond acceptors (Lipinski definition) is 4. The molecule has 0 radical (unpaired) electrons. The lowest BCUT2D eigenvalue weighted by atomic mass is 9.92. The summed E-state index contributed by atoms with van der Waals surface area (Å²) >= 11 is 12.2. The third-order valence-corrected chi connectivity index (χ3v) is 6.30. The van der Waals surface area contributed by atoms with Gasteiger partial charge in [0.1, 0.15) is 16.4 Å². The van der Waals surface area contributed by atoms with E-state index in [1.807, 2.05) is 54.1 Å². The standard InChI is InChI=1S/C28H20Cl2N4O/c1-34-17-32-15-25(34)28(35-16-18-11-26(29)33-27(30)12-18)20-9-10-21(14-31)24(13-20)23-8-4-6-19-5-2-3-7-22(19)23/h2-13,15,17,28H,16H2,1H3. The Bertz CT molecular complexity index is 1550. The fourth-order valence-electron chi connectivity index (χ4n) is 4.26. The number of rotatable bonds is 6. The maximum Gasteiger partial charge on any atom is 0.131 e. The van der Waals surface area contributed by atoms with Gasteiger partial charge in [0.2, 0.25) is 0 Å². The predicted octanol–water partition coefficient (Wildman–Crippen LogP) is 7.12. The summed E-state index contributed by atoms with van der Waals surface area (Å²) in [4.78, 5) is 8.29. The summed E-state index contributed by atoms with van der Waals surface area (Å²) in [7, 11) is 1.92. The molecule has 7 heteroatoms. The minimum atomic E-state index is -0.435. The Labute approximate surface area is 213 Å². The summed E-state index contributed by atoms with van der Waals surface area (Å²) in [5.74, 6) is 0. The normalized spacial score (nSPS) is 11.9. The van der Waals surface area contributed by atoms with Gasteiger partial charge in [-0.1, -0.05) is 71.7 Å². The molecule has 172 valence electrons. The van der Waals surface area contributed by atoms with Gasteiger partial charge in [-0.05, 0) is 51.7 Å². The first-order valence-corrected chi connectivity index (χ1v) is 11.7. The van der Waals surface area contributed by atoms with Crippen LogP contribution in [0, 0.1) is 11.3 Å². The van der Waals surface area contributed by atoms with Crippen LogP contribution in [0.25, 0.3) is 21.9 Å². The fraction of sp³-hybridized carbons (Fsp3) is 0.107. The molecule has 5 aromatic rings. The zero-order valence-corrected chi connectivity index (χ0v) is 20.3. The first-order valence-electron chi connectivity index (χ1n) is 11.0. The summed E-state index contributed by atoms with van der Waals surface area (Å²) in [6.07, 6.45) is 3.09. The van der Waals surface area contributed by atoms with Crippen LogP contribution in [-0.4, -0.2) is 14.5 Å². The molecular formula is C28H20Cl2N4O. The zero-order chi connectivity index (χ0) is 24.4. The molecular weight excluding hydrogens is 479 g/mol. The van der Waals surface area contributed by atoms with Crippen molar-refractivity contribution in [3.63, 3.8) is 0 Å². The Balaban J connectivity index is 1.60. The van der Waals surface area contributed by atoms with E-state index in [4.69, 9.17) is 27.9 Å². The summed E-state index contributed by atoms with van der Waals surface area (Å²) < 4.78 is 8.34. The molecule has 0 fully saturated rings. The van der Waals surface area contributed by atoms with Crippen molar-refractivity contribution in [3.8, 4) is 17.2 Å². The largest absolute Gasteiger partial charge is 0.363 e. The number of halogens is 2. The number of aryl methyl sites for hydroxylation is 1. The van der Waals surface area contributed by atoms with E-state index < -0.39 is 6.10 Å². The van der Waals surface area contributed by atoms with Crippen molar-refractivity contribution in [2.24, 2.45) is 7.05 Å². The van der Waals surface area contributed by atoms with Crippen LogP contribution in [0.1, 0.15) is 28.5 Å². The molecule has 0 aliphatic rings. The minimum absolute atomic E-state index is 0.265. The highest BCUT2D eigenvalue weighted by atomic mass is 35.5. The fourth-order valence-corrected chi connectivity index (χ4v) is 4.76. The van der Waals surface area contributed by atoms with E-state index in [2.05, 4.69) is 34.2 Å². The van der Waals surface area contributed by atoms with Crippen molar-refractivity contribution in [3.05, 3.63) is 118 Å². The van der Waals surface area contributed by atoms with Crippen LogP contribution in [0.5, 0.6) is 0 Å². The number of imidazole rings is 1. The van der Waals surface area contributed by atoms with Crippen molar-refractivity contribution >= 4 is 34.0 Å². The molecule has 0 saturated carbocycles. The second-order valence-electron chi connectivity index (χ2n) is 8.18. The number of fused-ring (bicyclic) bond motifs is 1. The monoisotopic (exact) mass is 498 g/mol. The van der Waals surface area contributed by atoms with Crippen LogP contribution in [-0.2, 0) is 18.4 Å². The summed E-state index contributed by atoms with van der Waals surface area (Å²) in [5.41, 5.74) is 5.05. The van der Waals surface area contributed by atoms with Crippen LogP contribution in [0.4, 0.5) is 0 Å². The van der Waals surface area contributed by atoms with Crippen molar-refractivity contribution in [1.29, 1.82) is 5.26 Å². The molecule has 0 saturated heterocycles. The van der Waals surface area contributed by atoms with Crippen LogP contribution in [0.15, 0.2) is 85.3 Å². The van der Waals surface area contributed by atoms with E-state index >= 15 is 0 Å². The second-order valence-corrected chi connectivity index (χ2v) is 8.96. The molecule has 1 unspecified atom stereocenters. The number of nitrogens with zero attached hydrogens (tertiary/aromatic N) is 4. The highest BCUT2D eigenvalue weighted by Crippen LogP contribution is 2.35. The first kappa shape index (κ1) is 23.1. The Hall–Kier alpha value is -3.69. The van der Waals surface area contributed by atoms with E-state index in [9.17, 15) is 5.26 Å². The van der Waals surface area contributed by atoms with Gasteiger partial charge in [-0.15, -0.1) is 0 Å². The smallest absolute Gasteiger partial charge is 0.131 e. The van der Waals surface area contributed by atoms with Gasteiger partial charge in [0, 0.05) is 12.6 Å². The van der Waals surface area contributed by atoms with Gasteiger partial charge in [0.15, 0.2) is 0 Å². The molecule has 0 amide bonds. The first-order chi connectivity index (χ1) is 17.0. The topological polar surface area (TPSA) is 63.7 Å². The Kier molecular flexibility index (Phi) is 6.52. The second kappa shape index (κ2) is 9.89. The lowest BCUT2D eigenvalue weighted by Gasteiger charge is -2.21. The molecule has 0 bridgehead atoms. The molecule has 35 heavy (non-hydrogen) atoms. The Morgan fingerprint density at radius 1 is 0.971 bits per heavy atom. The van der Waals surface area contributed by atoms with Crippen molar-refractivity contribution in [2.45, 2.75) is 12.7 Å². The Morgan fingerprint density at radius 2 is 1.74 bits per heavy atom. The average Bonchev–Trinajstić information content (AvgIpc) is 3.28. The number of ether oxygens (including phenoxy) is 1. The number of benzene rings is 3. The molecule has 0 aliphatic heterocycles. The lowest BCUT2D eigenvalue weighted by molar-refractivity contribution is 0.0622. The van der Waals surface area contributed by atoms with Crippen LogP contribution in [0.2, 0.25) is 10.3 Å². The van der Waals surface area contributed by atoms with Gasteiger partial charge in [-0.3, -0.25) is 0 Å². The average molecular weight is 499 g/mol. The van der Waals surface area contributed by atoms with E-state index in [1.54, 1.807) is 24.7 Å². The van der Waals surface area contributed by atoms with Gasteiger partial charge >= 0.3 is 0 Å². The Morgan fingerprint density at radius 3 is 2.49 bits per heavy atom. The lowest BCUT2D eigenvalue weighted by Crippen LogP contribution is -2.11. The maximum absolute atomic E-state index is 9.89. The predicted molar refractivity (Wildman–Crippen MR) is 138 cm³/mol. The summed E-state index contributed by atoms with van der Waals surface area (Å²) in [6, 6.07) is 25.9. The molecule has 2 aromatic heterocycles. The molecule has 0 aliphatic carbocycles. The highest BCUT2D eigenvalue weighted by molar-refractivity contribution is 6.32. The zero-order valence-electron chi connectivity index (χ0n) is 18.8. The van der Waals surface area contributed by atoms with Gasteiger partial charge < -0.3 is 9.30 Å². The summed E-state index contributed by atoms with van der Waals surface area (Å²) in [5, 5.41) is 12.7. The molecule has 2 heterocycles. The number of nitriles is 1. The van der Waals surface area contributed by atoms with Crippen LogP contribution >= 0.6 is 23.2 Å². The van der Waals surface area contributed by atoms with Gasteiger partial charge in [-0.2, -0.15) is 5.26 Å². The molecule has 0 N–H and O–H groups in total. The van der Waals surface area contributed by atoms with Crippen molar-refractivity contribution in [1.82, 2.24) is 14.5 Å². The molecule has 3 aromatic carbocycles. The van der Waals surface area contributed by atoms with Crippen LogP contribution in [0.3, 0.4) is 0 Å². The highest BCUT2D eigenvalue weighted by Gasteiger charge is 2.21. The van der Waals surface area contributed by atoms with Gasteiger partial charge in [-0.25, -0.2) is 9.97 Å². The van der Waals surface area contributed by atoms with E-state index in [-0.39, 0.29) is 6.61 Å². The SMILES string of the molecule is Cn1cncc1C(OCc1cc(Cl)nc(Cl)c1)c1ccc(C#N)c(-c2cccc3ccccc23)c1. The molecule has 5 nitrogen and oxygen atoms in total. The van der Waals surface area contributed by atoms with Gasteiger partial charge in [0.05, 0.1) is 36.5 Å². The third kappa shape index (κ3) is 4.78. The van der Waals surface area contributed by atoms with E-state index in [0.717, 1.165) is 38.7 Å². The van der Waals surface area contributed by atoms with Crippen LogP contribution < -0.4 is 0 Å². The van der Waals surface area contributed by atoms with Gasteiger partial charge in [0.25, 0.3) is 0 Å².